The highest BCUT2D eigenvalue weighted by atomic mass is 32.2. The van der Waals surface area contributed by atoms with E-state index in [2.05, 4.69) is 21.6 Å². The molecule has 1 N–H and O–H groups in total. The zero-order valence-electron chi connectivity index (χ0n) is 12.9. The molecular weight excluding hydrogens is 314 g/mol. The Labute approximate surface area is 138 Å². The van der Waals surface area contributed by atoms with Crippen LogP contribution in [-0.2, 0) is 16.1 Å². The number of nitriles is 1. The van der Waals surface area contributed by atoms with Gasteiger partial charge in [-0.1, -0.05) is 23.9 Å². The summed E-state index contributed by atoms with van der Waals surface area (Å²) in [5, 5.41) is 20.0. The maximum atomic E-state index is 12.3. The first kappa shape index (κ1) is 17.0. The zero-order valence-corrected chi connectivity index (χ0v) is 13.7. The van der Waals surface area contributed by atoms with Crippen LogP contribution in [0.15, 0.2) is 35.7 Å². The van der Waals surface area contributed by atoms with E-state index < -0.39 is 0 Å². The molecule has 8 heteroatoms. The SMILES string of the molecule is COCCn1cnnc1SC(C)C(=O)Nc1ccccc1C#N. The van der Waals surface area contributed by atoms with Crippen molar-refractivity contribution in [2.75, 3.05) is 19.0 Å². The number of benzene rings is 1. The third-order valence-electron chi connectivity index (χ3n) is 3.07. The average molecular weight is 331 g/mol. The minimum Gasteiger partial charge on any atom is -0.383 e. The van der Waals surface area contributed by atoms with Crippen LogP contribution in [0, 0.1) is 11.3 Å². The molecule has 0 saturated carbocycles. The molecule has 0 aliphatic heterocycles. The van der Waals surface area contributed by atoms with Crippen LogP contribution in [-0.4, -0.2) is 39.6 Å². The number of carbonyl (C=O) groups excluding carboxylic acids is 1. The smallest absolute Gasteiger partial charge is 0.237 e. The molecule has 0 fully saturated rings. The Morgan fingerprint density at radius 2 is 2.30 bits per heavy atom. The van der Waals surface area contributed by atoms with Crippen LogP contribution in [0.5, 0.6) is 0 Å². The molecule has 1 amide bonds. The Bertz CT molecular complexity index is 710. The maximum Gasteiger partial charge on any atom is 0.237 e. The maximum absolute atomic E-state index is 12.3. The molecular formula is C15H17N5O2S. The fourth-order valence-corrected chi connectivity index (χ4v) is 2.66. The molecule has 2 aromatic rings. The van der Waals surface area contributed by atoms with E-state index in [4.69, 9.17) is 10.00 Å². The van der Waals surface area contributed by atoms with Gasteiger partial charge in [0.25, 0.3) is 0 Å². The van der Waals surface area contributed by atoms with Crippen LogP contribution in [0.25, 0.3) is 0 Å². The molecule has 1 heterocycles. The number of hydrogen-bond acceptors (Lipinski definition) is 6. The minimum atomic E-state index is -0.382. The van der Waals surface area contributed by atoms with Crippen molar-refractivity contribution in [3.8, 4) is 6.07 Å². The van der Waals surface area contributed by atoms with Crippen molar-refractivity contribution >= 4 is 23.4 Å². The highest BCUT2D eigenvalue weighted by Crippen LogP contribution is 2.23. The number of aromatic nitrogens is 3. The first-order chi connectivity index (χ1) is 11.2. The summed E-state index contributed by atoms with van der Waals surface area (Å²) in [4.78, 5) is 12.3. The van der Waals surface area contributed by atoms with Crippen LogP contribution in [0.1, 0.15) is 12.5 Å². The number of thioether (sulfide) groups is 1. The molecule has 1 aromatic carbocycles. The predicted octanol–water partition coefficient (Wildman–Crippen LogP) is 1.92. The number of rotatable bonds is 7. The lowest BCUT2D eigenvalue weighted by Gasteiger charge is -2.13. The Hall–Kier alpha value is -2.37. The summed E-state index contributed by atoms with van der Waals surface area (Å²) in [6.07, 6.45) is 1.61. The number of para-hydroxylation sites is 1. The van der Waals surface area contributed by atoms with E-state index in [9.17, 15) is 4.79 Å². The normalized spacial score (nSPS) is 11.7. The Kier molecular flexibility index (Phi) is 6.14. The predicted molar refractivity (Wildman–Crippen MR) is 87.0 cm³/mol. The van der Waals surface area contributed by atoms with Crippen LogP contribution in [0.2, 0.25) is 0 Å². The molecule has 23 heavy (non-hydrogen) atoms. The van der Waals surface area contributed by atoms with Crippen molar-refractivity contribution in [1.29, 1.82) is 5.26 Å². The average Bonchev–Trinajstić information content (AvgIpc) is 3.00. The number of hydrogen-bond donors (Lipinski definition) is 1. The number of methoxy groups -OCH3 is 1. The summed E-state index contributed by atoms with van der Waals surface area (Å²) in [5.41, 5.74) is 0.939. The summed E-state index contributed by atoms with van der Waals surface area (Å²) in [6.45, 7) is 2.95. The van der Waals surface area contributed by atoms with Crippen LogP contribution in [0.3, 0.4) is 0 Å². The van der Waals surface area contributed by atoms with Gasteiger partial charge in [-0.2, -0.15) is 5.26 Å². The lowest BCUT2D eigenvalue weighted by atomic mass is 10.2. The van der Waals surface area contributed by atoms with E-state index in [1.165, 1.54) is 11.8 Å². The van der Waals surface area contributed by atoms with Crippen molar-refractivity contribution in [2.24, 2.45) is 0 Å². The van der Waals surface area contributed by atoms with Gasteiger partial charge in [0, 0.05) is 13.7 Å². The van der Waals surface area contributed by atoms with Gasteiger partial charge < -0.3 is 14.6 Å². The van der Waals surface area contributed by atoms with E-state index in [0.29, 0.717) is 29.6 Å². The summed E-state index contributed by atoms with van der Waals surface area (Å²) >= 11 is 1.31. The van der Waals surface area contributed by atoms with Crippen molar-refractivity contribution in [1.82, 2.24) is 14.8 Å². The zero-order chi connectivity index (χ0) is 16.7. The van der Waals surface area contributed by atoms with Crippen molar-refractivity contribution < 1.29 is 9.53 Å². The van der Waals surface area contributed by atoms with E-state index in [0.717, 1.165) is 0 Å². The molecule has 1 unspecified atom stereocenters. The van der Waals surface area contributed by atoms with Gasteiger partial charge in [-0.25, -0.2) is 0 Å². The molecule has 0 radical (unpaired) electrons. The molecule has 1 aromatic heterocycles. The topological polar surface area (TPSA) is 92.8 Å². The lowest BCUT2D eigenvalue weighted by Crippen LogP contribution is -2.23. The highest BCUT2D eigenvalue weighted by molar-refractivity contribution is 8.00. The summed E-state index contributed by atoms with van der Waals surface area (Å²) in [5.74, 6) is -0.195. The molecule has 7 nitrogen and oxygen atoms in total. The second-order valence-corrected chi connectivity index (χ2v) is 6.01. The monoisotopic (exact) mass is 331 g/mol. The fraction of sp³-hybridized carbons (Fsp3) is 0.333. The van der Waals surface area contributed by atoms with Gasteiger partial charge in [0.1, 0.15) is 12.4 Å². The largest absolute Gasteiger partial charge is 0.383 e. The number of amides is 1. The number of ether oxygens (including phenoxy) is 1. The lowest BCUT2D eigenvalue weighted by molar-refractivity contribution is -0.115. The number of anilines is 1. The van der Waals surface area contributed by atoms with Crippen molar-refractivity contribution in [3.05, 3.63) is 36.2 Å². The van der Waals surface area contributed by atoms with Gasteiger partial charge >= 0.3 is 0 Å². The van der Waals surface area contributed by atoms with Gasteiger partial charge in [-0.3, -0.25) is 4.79 Å². The van der Waals surface area contributed by atoms with Gasteiger partial charge in [0.15, 0.2) is 5.16 Å². The van der Waals surface area contributed by atoms with Crippen LogP contribution in [0.4, 0.5) is 5.69 Å². The Morgan fingerprint density at radius 1 is 1.52 bits per heavy atom. The van der Waals surface area contributed by atoms with Gasteiger partial charge in [-0.15, -0.1) is 10.2 Å². The van der Waals surface area contributed by atoms with E-state index >= 15 is 0 Å². The van der Waals surface area contributed by atoms with E-state index in [1.807, 2.05) is 4.57 Å². The molecule has 0 spiro atoms. The molecule has 0 bridgehead atoms. The van der Waals surface area contributed by atoms with Gasteiger partial charge in [-0.05, 0) is 19.1 Å². The second-order valence-electron chi connectivity index (χ2n) is 4.71. The Balaban J connectivity index is 2.01. The van der Waals surface area contributed by atoms with Crippen molar-refractivity contribution in [2.45, 2.75) is 23.9 Å². The molecule has 0 aliphatic carbocycles. The minimum absolute atomic E-state index is 0.195. The number of carbonyl (C=O) groups is 1. The fourth-order valence-electron chi connectivity index (χ4n) is 1.81. The third-order valence-corrected chi connectivity index (χ3v) is 4.17. The van der Waals surface area contributed by atoms with Gasteiger partial charge in [0.05, 0.1) is 23.1 Å². The first-order valence-electron chi connectivity index (χ1n) is 6.99. The van der Waals surface area contributed by atoms with Crippen molar-refractivity contribution in [3.63, 3.8) is 0 Å². The summed E-state index contributed by atoms with van der Waals surface area (Å²) in [7, 11) is 1.62. The quantitative estimate of drug-likeness (QED) is 0.779. The van der Waals surface area contributed by atoms with Crippen LogP contribution >= 0.6 is 11.8 Å². The highest BCUT2D eigenvalue weighted by Gasteiger charge is 2.18. The first-order valence-corrected chi connectivity index (χ1v) is 7.87. The molecule has 1 atom stereocenters. The van der Waals surface area contributed by atoms with E-state index in [1.54, 1.807) is 44.6 Å². The molecule has 2 rings (SSSR count). The van der Waals surface area contributed by atoms with Crippen LogP contribution < -0.4 is 5.32 Å². The Morgan fingerprint density at radius 3 is 3.04 bits per heavy atom. The second kappa shape index (κ2) is 8.31. The third kappa shape index (κ3) is 4.55. The standard InChI is InChI=1S/C15H17N5O2S/c1-11(23-15-19-17-10-20(15)7-8-22-2)14(21)18-13-6-4-3-5-12(13)9-16/h3-6,10-11H,7-8H2,1-2H3,(H,18,21). The number of nitrogens with zero attached hydrogens (tertiary/aromatic N) is 4. The van der Waals surface area contributed by atoms with E-state index in [-0.39, 0.29) is 11.2 Å². The van der Waals surface area contributed by atoms with Gasteiger partial charge in [0.2, 0.25) is 5.91 Å². The summed E-state index contributed by atoms with van der Waals surface area (Å²) < 4.78 is 6.87. The molecule has 0 aliphatic rings. The molecule has 0 saturated heterocycles. The molecule has 120 valence electrons. The summed E-state index contributed by atoms with van der Waals surface area (Å²) in [6, 6.07) is 8.95. The number of nitrogens with one attached hydrogen (secondary N) is 1.